The van der Waals surface area contributed by atoms with Gasteiger partial charge in [0.15, 0.2) is 11.5 Å². The van der Waals surface area contributed by atoms with E-state index in [9.17, 15) is 0 Å². The van der Waals surface area contributed by atoms with E-state index in [4.69, 9.17) is 14.2 Å². The van der Waals surface area contributed by atoms with Crippen LogP contribution in [0.5, 0.6) is 11.5 Å². The van der Waals surface area contributed by atoms with E-state index in [1.807, 2.05) is 19.1 Å². The van der Waals surface area contributed by atoms with Crippen molar-refractivity contribution in [3.63, 3.8) is 0 Å². The Morgan fingerprint density at radius 1 is 1.00 bits per heavy atom. The molecule has 0 saturated carbocycles. The number of aryl methyl sites for hydroxylation is 1. The molecule has 0 atom stereocenters. The number of rotatable bonds is 4. The summed E-state index contributed by atoms with van der Waals surface area (Å²) in [5.41, 5.74) is 2.26. The predicted molar refractivity (Wildman–Crippen MR) is 55.0 cm³/mol. The molecule has 0 N–H and O–H groups in total. The van der Waals surface area contributed by atoms with Crippen molar-refractivity contribution < 1.29 is 14.2 Å². The molecule has 3 nitrogen and oxygen atoms in total. The number of hydrogen-bond acceptors (Lipinski definition) is 3. The second-order valence-electron chi connectivity index (χ2n) is 3.07. The van der Waals surface area contributed by atoms with Gasteiger partial charge in [0.05, 0.1) is 20.8 Å². The largest absolute Gasteiger partial charge is 0.493 e. The van der Waals surface area contributed by atoms with Crippen molar-refractivity contribution in [3.8, 4) is 11.5 Å². The summed E-state index contributed by atoms with van der Waals surface area (Å²) >= 11 is 0. The van der Waals surface area contributed by atoms with Crippen molar-refractivity contribution in [1.82, 2.24) is 0 Å². The molecule has 1 aromatic carbocycles. The lowest BCUT2D eigenvalue weighted by molar-refractivity contribution is 0.184. The standard InChI is InChI=1S/C11H16O3/c1-8-5-10(13-3)11(14-4)6-9(8)7-12-2/h5-6H,7H2,1-4H3. The molecular weight excluding hydrogens is 180 g/mol. The molecule has 0 aromatic heterocycles. The van der Waals surface area contributed by atoms with Crippen molar-refractivity contribution in [2.75, 3.05) is 21.3 Å². The van der Waals surface area contributed by atoms with Gasteiger partial charge in [0, 0.05) is 7.11 Å². The van der Waals surface area contributed by atoms with Gasteiger partial charge in [0.2, 0.25) is 0 Å². The van der Waals surface area contributed by atoms with Crippen LogP contribution in [0.1, 0.15) is 11.1 Å². The van der Waals surface area contributed by atoms with Crippen molar-refractivity contribution in [3.05, 3.63) is 23.3 Å². The molecule has 0 radical (unpaired) electrons. The topological polar surface area (TPSA) is 27.7 Å². The Bertz CT molecular complexity index is 308. The van der Waals surface area contributed by atoms with Gasteiger partial charge in [-0.2, -0.15) is 0 Å². The Morgan fingerprint density at radius 3 is 2.07 bits per heavy atom. The molecule has 0 aliphatic carbocycles. The SMILES string of the molecule is COCc1cc(OC)c(OC)cc1C. The van der Waals surface area contributed by atoms with Crippen LogP contribution in [0.25, 0.3) is 0 Å². The first-order chi connectivity index (χ1) is 6.72. The average Bonchev–Trinajstić information content (AvgIpc) is 2.20. The molecule has 1 rings (SSSR count). The smallest absolute Gasteiger partial charge is 0.161 e. The summed E-state index contributed by atoms with van der Waals surface area (Å²) in [6.45, 7) is 2.61. The van der Waals surface area contributed by atoms with Crippen molar-refractivity contribution in [2.24, 2.45) is 0 Å². The molecule has 0 aliphatic rings. The molecule has 0 aliphatic heterocycles. The number of hydrogen-bond donors (Lipinski definition) is 0. The number of methoxy groups -OCH3 is 3. The zero-order valence-corrected chi connectivity index (χ0v) is 9.09. The van der Waals surface area contributed by atoms with E-state index in [0.29, 0.717) is 6.61 Å². The van der Waals surface area contributed by atoms with Crippen molar-refractivity contribution >= 4 is 0 Å². The summed E-state index contributed by atoms with van der Waals surface area (Å²) in [7, 11) is 4.94. The third-order valence-electron chi connectivity index (χ3n) is 2.14. The fraction of sp³-hybridized carbons (Fsp3) is 0.455. The van der Waals surface area contributed by atoms with Crippen LogP contribution in [-0.4, -0.2) is 21.3 Å². The molecule has 0 saturated heterocycles. The summed E-state index contributed by atoms with van der Waals surface area (Å²) in [6.07, 6.45) is 0. The Kier molecular flexibility index (Phi) is 3.77. The van der Waals surface area contributed by atoms with Crippen LogP contribution in [-0.2, 0) is 11.3 Å². The highest BCUT2D eigenvalue weighted by Gasteiger charge is 2.07. The fourth-order valence-electron chi connectivity index (χ4n) is 1.33. The molecule has 3 heteroatoms. The van der Waals surface area contributed by atoms with Crippen molar-refractivity contribution in [2.45, 2.75) is 13.5 Å². The monoisotopic (exact) mass is 196 g/mol. The molecule has 0 heterocycles. The maximum atomic E-state index is 5.20. The van der Waals surface area contributed by atoms with Crippen LogP contribution in [0.3, 0.4) is 0 Å². The molecular formula is C11H16O3. The van der Waals surface area contributed by atoms with Crippen LogP contribution in [0, 0.1) is 6.92 Å². The number of benzene rings is 1. The van der Waals surface area contributed by atoms with Crippen LogP contribution in [0.4, 0.5) is 0 Å². The summed E-state index contributed by atoms with van der Waals surface area (Å²) in [4.78, 5) is 0. The van der Waals surface area contributed by atoms with E-state index in [-0.39, 0.29) is 0 Å². The minimum atomic E-state index is 0.589. The first kappa shape index (κ1) is 10.9. The Balaban J connectivity index is 3.09. The van der Waals surface area contributed by atoms with Crippen molar-refractivity contribution in [1.29, 1.82) is 0 Å². The minimum absolute atomic E-state index is 0.589. The Labute approximate surface area is 84.6 Å². The number of ether oxygens (including phenoxy) is 3. The highest BCUT2D eigenvalue weighted by molar-refractivity contribution is 5.46. The van der Waals surface area contributed by atoms with Gasteiger partial charge >= 0.3 is 0 Å². The highest BCUT2D eigenvalue weighted by Crippen LogP contribution is 2.30. The quantitative estimate of drug-likeness (QED) is 0.738. The van der Waals surface area contributed by atoms with Crippen LogP contribution in [0.15, 0.2) is 12.1 Å². The van der Waals surface area contributed by atoms with E-state index < -0.39 is 0 Å². The maximum absolute atomic E-state index is 5.20. The van der Waals surface area contributed by atoms with Crippen LogP contribution >= 0.6 is 0 Å². The second kappa shape index (κ2) is 4.86. The van der Waals surface area contributed by atoms with E-state index in [0.717, 1.165) is 22.6 Å². The van der Waals surface area contributed by atoms with Gasteiger partial charge in [-0.3, -0.25) is 0 Å². The molecule has 0 bridgehead atoms. The summed E-state index contributed by atoms with van der Waals surface area (Å²) in [5.74, 6) is 1.50. The normalized spacial score (nSPS) is 10.0. The zero-order valence-electron chi connectivity index (χ0n) is 9.09. The minimum Gasteiger partial charge on any atom is -0.493 e. The molecule has 78 valence electrons. The maximum Gasteiger partial charge on any atom is 0.161 e. The Morgan fingerprint density at radius 2 is 1.57 bits per heavy atom. The van der Waals surface area contributed by atoms with Gasteiger partial charge in [-0.25, -0.2) is 0 Å². The lowest BCUT2D eigenvalue weighted by Crippen LogP contribution is -1.96. The third-order valence-corrected chi connectivity index (χ3v) is 2.14. The molecule has 14 heavy (non-hydrogen) atoms. The summed E-state index contributed by atoms with van der Waals surface area (Å²) in [5, 5.41) is 0. The fourth-order valence-corrected chi connectivity index (χ4v) is 1.33. The van der Waals surface area contributed by atoms with E-state index in [1.54, 1.807) is 21.3 Å². The van der Waals surface area contributed by atoms with Gasteiger partial charge in [-0.05, 0) is 30.2 Å². The molecule has 0 amide bonds. The lowest BCUT2D eigenvalue weighted by atomic mass is 10.1. The van der Waals surface area contributed by atoms with Gasteiger partial charge < -0.3 is 14.2 Å². The first-order valence-corrected chi connectivity index (χ1v) is 4.43. The zero-order chi connectivity index (χ0) is 10.6. The van der Waals surface area contributed by atoms with Crippen LogP contribution in [0.2, 0.25) is 0 Å². The van der Waals surface area contributed by atoms with Gasteiger partial charge in [-0.1, -0.05) is 0 Å². The second-order valence-corrected chi connectivity index (χ2v) is 3.07. The molecule has 0 fully saturated rings. The molecule has 0 spiro atoms. The van der Waals surface area contributed by atoms with Gasteiger partial charge in [-0.15, -0.1) is 0 Å². The molecule has 0 unspecified atom stereocenters. The summed E-state index contributed by atoms with van der Waals surface area (Å²) in [6, 6.07) is 3.89. The third kappa shape index (κ3) is 2.17. The predicted octanol–water partition coefficient (Wildman–Crippen LogP) is 2.16. The summed E-state index contributed by atoms with van der Waals surface area (Å²) < 4.78 is 15.5. The average molecular weight is 196 g/mol. The first-order valence-electron chi connectivity index (χ1n) is 4.43. The lowest BCUT2D eigenvalue weighted by Gasteiger charge is -2.11. The molecule has 1 aromatic rings. The van der Waals surface area contributed by atoms with Gasteiger partial charge in [0.25, 0.3) is 0 Å². The van der Waals surface area contributed by atoms with E-state index in [1.165, 1.54) is 0 Å². The Hall–Kier alpha value is -1.22. The van der Waals surface area contributed by atoms with E-state index in [2.05, 4.69) is 0 Å². The highest BCUT2D eigenvalue weighted by atomic mass is 16.5. The van der Waals surface area contributed by atoms with Gasteiger partial charge in [0.1, 0.15) is 0 Å². The van der Waals surface area contributed by atoms with E-state index >= 15 is 0 Å². The van der Waals surface area contributed by atoms with Crippen LogP contribution < -0.4 is 9.47 Å².